The molecule has 0 aliphatic heterocycles. The second kappa shape index (κ2) is 6.13. The lowest BCUT2D eigenvalue weighted by Gasteiger charge is -2.23. The third-order valence-corrected chi connectivity index (χ3v) is 2.80. The van der Waals surface area contributed by atoms with Gasteiger partial charge in [0.15, 0.2) is 0 Å². The van der Waals surface area contributed by atoms with Gasteiger partial charge in [0.2, 0.25) is 11.8 Å². The minimum Gasteiger partial charge on any atom is -0.325 e. The zero-order valence-corrected chi connectivity index (χ0v) is 11.3. The molecule has 0 spiro atoms. The van der Waals surface area contributed by atoms with Gasteiger partial charge in [-0.2, -0.15) is 26.3 Å². The fourth-order valence-corrected chi connectivity index (χ4v) is 1.84. The monoisotopic (exact) mass is 333 g/mol. The molecule has 0 saturated heterocycles. The first-order valence-electron chi connectivity index (χ1n) is 5.62. The second-order valence-corrected chi connectivity index (χ2v) is 4.86. The average molecular weight is 334 g/mol. The Labute approximate surface area is 121 Å². The molecule has 9 heteroatoms. The lowest BCUT2D eigenvalue weighted by molar-refractivity contribution is -0.272. The van der Waals surface area contributed by atoms with Crippen LogP contribution in [0.25, 0.3) is 0 Å². The van der Waals surface area contributed by atoms with Crippen LogP contribution < -0.4 is 5.32 Å². The highest BCUT2D eigenvalue weighted by Crippen LogP contribution is 2.40. The third-order valence-electron chi connectivity index (χ3n) is 2.56. The molecule has 1 rings (SSSR count). The maximum Gasteiger partial charge on any atom is 0.409 e. The molecule has 2 nitrogen and oxygen atoms in total. The number of hydrogen-bond donors (Lipinski definition) is 1. The van der Waals surface area contributed by atoms with Gasteiger partial charge in [-0.15, -0.1) is 11.6 Å². The van der Waals surface area contributed by atoms with E-state index in [0.717, 1.165) is 0 Å². The van der Waals surface area contributed by atoms with Gasteiger partial charge in [0.1, 0.15) is 0 Å². The van der Waals surface area contributed by atoms with Crippen LogP contribution in [0, 0.1) is 5.92 Å². The van der Waals surface area contributed by atoms with E-state index >= 15 is 0 Å². The van der Waals surface area contributed by atoms with Crippen molar-refractivity contribution in [2.75, 3.05) is 5.32 Å². The molecule has 1 N–H and O–H groups in total. The number of alkyl halides is 7. The van der Waals surface area contributed by atoms with Gasteiger partial charge in [0.25, 0.3) is 0 Å². The fraction of sp³-hybridized carbons (Fsp3) is 0.417. The van der Waals surface area contributed by atoms with Crippen LogP contribution in [-0.4, -0.2) is 18.3 Å². The minimum absolute atomic E-state index is 0.191. The van der Waals surface area contributed by atoms with Crippen LogP contribution in [0.5, 0.6) is 0 Å². The van der Waals surface area contributed by atoms with E-state index in [9.17, 15) is 31.1 Å². The first kappa shape index (κ1) is 17.6. The number of anilines is 1. The standard InChI is InChI=1S/C12H10ClF6NO/c1-6(13)7-4-2-3-5-8(7)20-10(21)9(11(14,15)16)12(17,18)19/h2-6,9H,1H3,(H,20,21). The average Bonchev–Trinajstić information content (AvgIpc) is 2.24. The van der Waals surface area contributed by atoms with Gasteiger partial charge in [-0.1, -0.05) is 18.2 Å². The van der Waals surface area contributed by atoms with Gasteiger partial charge in [-0.05, 0) is 18.6 Å². The molecule has 0 bridgehead atoms. The zero-order chi connectivity index (χ0) is 16.4. The summed E-state index contributed by atoms with van der Waals surface area (Å²) in [6, 6.07) is 5.42. The summed E-state index contributed by atoms with van der Waals surface area (Å²) in [5, 5.41) is 0.944. The Morgan fingerprint density at radius 2 is 1.57 bits per heavy atom. The molecule has 0 aromatic heterocycles. The Morgan fingerprint density at radius 3 is 2.00 bits per heavy atom. The summed E-state index contributed by atoms with van der Waals surface area (Å²) in [5.41, 5.74) is 0.0270. The predicted octanol–water partition coefficient (Wildman–Crippen LogP) is 4.67. The SMILES string of the molecule is CC(Cl)c1ccccc1NC(=O)C(C(F)(F)F)C(F)(F)F. The number of amides is 1. The van der Waals surface area contributed by atoms with Gasteiger partial charge in [0, 0.05) is 5.69 Å². The van der Waals surface area contributed by atoms with E-state index < -0.39 is 29.6 Å². The fourth-order valence-electron chi connectivity index (χ4n) is 1.65. The number of halogens is 7. The summed E-state index contributed by atoms with van der Waals surface area (Å²) in [6.45, 7) is 1.47. The Bertz CT molecular complexity index is 497. The zero-order valence-electron chi connectivity index (χ0n) is 10.5. The van der Waals surface area contributed by atoms with E-state index in [0.29, 0.717) is 0 Å². The number of carbonyl (C=O) groups is 1. The van der Waals surface area contributed by atoms with E-state index in [1.165, 1.54) is 31.2 Å². The quantitative estimate of drug-likeness (QED) is 0.632. The number of rotatable bonds is 3. The van der Waals surface area contributed by atoms with E-state index in [2.05, 4.69) is 0 Å². The summed E-state index contributed by atoms with van der Waals surface area (Å²) < 4.78 is 74.5. The second-order valence-electron chi connectivity index (χ2n) is 4.21. The first-order chi connectivity index (χ1) is 9.44. The summed E-state index contributed by atoms with van der Waals surface area (Å²) >= 11 is 5.76. The molecule has 0 saturated carbocycles. The number of para-hydroxylation sites is 1. The minimum atomic E-state index is -5.73. The van der Waals surface area contributed by atoms with Crippen LogP contribution in [0.3, 0.4) is 0 Å². The molecule has 1 unspecified atom stereocenters. The summed E-state index contributed by atoms with van der Waals surface area (Å²) in [7, 11) is 0. The highest BCUT2D eigenvalue weighted by Gasteiger charge is 2.61. The third kappa shape index (κ3) is 4.52. The molecule has 0 heterocycles. The molecular weight excluding hydrogens is 324 g/mol. The van der Waals surface area contributed by atoms with Crippen molar-refractivity contribution in [3.63, 3.8) is 0 Å². The molecule has 1 aromatic carbocycles. The van der Waals surface area contributed by atoms with E-state index in [-0.39, 0.29) is 11.3 Å². The molecule has 118 valence electrons. The molecule has 0 fully saturated rings. The predicted molar refractivity (Wildman–Crippen MR) is 64.9 cm³/mol. The first-order valence-corrected chi connectivity index (χ1v) is 6.05. The van der Waals surface area contributed by atoms with Crippen LogP contribution in [0.2, 0.25) is 0 Å². The number of carbonyl (C=O) groups excluding carboxylic acids is 1. The summed E-state index contributed by atoms with van der Waals surface area (Å²) in [4.78, 5) is 11.4. The van der Waals surface area contributed by atoms with Crippen molar-refractivity contribution in [3.05, 3.63) is 29.8 Å². The Morgan fingerprint density at radius 1 is 1.10 bits per heavy atom. The van der Waals surface area contributed by atoms with Crippen molar-refractivity contribution in [1.29, 1.82) is 0 Å². The van der Waals surface area contributed by atoms with Crippen molar-refractivity contribution < 1.29 is 31.1 Å². The lowest BCUT2D eigenvalue weighted by Crippen LogP contribution is -2.45. The van der Waals surface area contributed by atoms with Crippen LogP contribution in [-0.2, 0) is 4.79 Å². The van der Waals surface area contributed by atoms with Gasteiger partial charge in [0.05, 0.1) is 5.38 Å². The topological polar surface area (TPSA) is 29.1 Å². The Balaban J connectivity index is 3.09. The maximum atomic E-state index is 12.4. The van der Waals surface area contributed by atoms with Crippen molar-refractivity contribution in [1.82, 2.24) is 0 Å². The molecule has 0 aliphatic rings. The van der Waals surface area contributed by atoms with Crippen molar-refractivity contribution in [3.8, 4) is 0 Å². The molecule has 0 aliphatic carbocycles. The largest absolute Gasteiger partial charge is 0.409 e. The molecule has 1 atom stereocenters. The molecule has 21 heavy (non-hydrogen) atoms. The number of benzene rings is 1. The summed E-state index contributed by atoms with van der Waals surface area (Å²) in [5.74, 6) is -6.29. The lowest BCUT2D eigenvalue weighted by atomic mass is 10.1. The van der Waals surface area contributed by atoms with Crippen molar-refractivity contribution in [2.45, 2.75) is 24.7 Å². The van der Waals surface area contributed by atoms with E-state index in [1.54, 1.807) is 5.32 Å². The molecule has 1 amide bonds. The smallest absolute Gasteiger partial charge is 0.325 e. The van der Waals surface area contributed by atoms with Gasteiger partial charge in [-0.25, -0.2) is 0 Å². The van der Waals surface area contributed by atoms with Gasteiger partial charge >= 0.3 is 12.4 Å². The number of nitrogens with one attached hydrogen (secondary N) is 1. The maximum absolute atomic E-state index is 12.4. The van der Waals surface area contributed by atoms with Crippen LogP contribution in [0.4, 0.5) is 32.0 Å². The Hall–Kier alpha value is -1.44. The van der Waals surface area contributed by atoms with Gasteiger partial charge in [-0.3, -0.25) is 4.79 Å². The van der Waals surface area contributed by atoms with Crippen molar-refractivity contribution >= 4 is 23.2 Å². The van der Waals surface area contributed by atoms with E-state index in [4.69, 9.17) is 11.6 Å². The normalized spacial score (nSPS) is 14.1. The van der Waals surface area contributed by atoms with E-state index in [1.807, 2.05) is 0 Å². The van der Waals surface area contributed by atoms with Crippen LogP contribution in [0.1, 0.15) is 17.9 Å². The molecular formula is C12H10ClF6NO. The van der Waals surface area contributed by atoms with Gasteiger partial charge < -0.3 is 5.32 Å². The molecule has 0 radical (unpaired) electrons. The Kier molecular flexibility index (Phi) is 5.14. The summed E-state index contributed by atoms with van der Waals surface area (Å²) in [6.07, 6.45) is -11.5. The van der Waals surface area contributed by atoms with Crippen LogP contribution >= 0.6 is 11.6 Å². The van der Waals surface area contributed by atoms with Crippen LogP contribution in [0.15, 0.2) is 24.3 Å². The molecule has 1 aromatic rings. The van der Waals surface area contributed by atoms with Crippen molar-refractivity contribution in [2.24, 2.45) is 5.92 Å². The highest BCUT2D eigenvalue weighted by atomic mass is 35.5. The number of hydrogen-bond acceptors (Lipinski definition) is 1. The highest BCUT2D eigenvalue weighted by molar-refractivity contribution is 6.21.